The first-order chi connectivity index (χ1) is 8.28. The van der Waals surface area contributed by atoms with Crippen molar-refractivity contribution >= 4 is 11.8 Å². The van der Waals surface area contributed by atoms with E-state index in [-0.39, 0.29) is 0 Å². The van der Waals surface area contributed by atoms with Crippen molar-refractivity contribution in [2.24, 2.45) is 11.8 Å². The molecule has 0 spiro atoms. The zero-order chi connectivity index (χ0) is 12.1. The summed E-state index contributed by atoms with van der Waals surface area (Å²) in [6, 6.07) is 1.92. The highest BCUT2D eigenvalue weighted by Crippen LogP contribution is 2.28. The van der Waals surface area contributed by atoms with Gasteiger partial charge in [0.05, 0.1) is 0 Å². The average Bonchev–Trinajstić information content (AvgIpc) is 2.38. The third kappa shape index (κ3) is 3.58. The molecule has 1 aromatic heterocycles. The maximum atomic E-state index is 4.36. The Morgan fingerprint density at radius 3 is 2.76 bits per heavy atom. The van der Waals surface area contributed by atoms with Crippen LogP contribution in [0, 0.1) is 11.8 Å². The zero-order valence-corrected chi connectivity index (χ0v) is 10.7. The molecule has 0 radical (unpaired) electrons. The third-order valence-electron chi connectivity index (χ3n) is 3.59. The van der Waals surface area contributed by atoms with Crippen LogP contribution in [-0.2, 0) is 0 Å². The molecule has 4 heteroatoms. The van der Waals surface area contributed by atoms with E-state index >= 15 is 0 Å². The lowest BCUT2D eigenvalue weighted by Gasteiger charge is -2.26. The quantitative estimate of drug-likeness (QED) is 0.841. The Labute approximate surface area is 103 Å². The smallest absolute Gasteiger partial charge is 0.224 e. The van der Waals surface area contributed by atoms with Crippen LogP contribution in [0.4, 0.5) is 11.8 Å². The second-order valence-electron chi connectivity index (χ2n) is 5.02. The van der Waals surface area contributed by atoms with Gasteiger partial charge in [0.2, 0.25) is 5.95 Å². The van der Waals surface area contributed by atoms with Crippen molar-refractivity contribution in [2.75, 3.05) is 24.2 Å². The van der Waals surface area contributed by atoms with Crippen LogP contribution in [0.2, 0.25) is 0 Å². The molecule has 1 aliphatic rings. The lowest BCUT2D eigenvalue weighted by Crippen LogP contribution is -2.20. The predicted molar refractivity (Wildman–Crippen MR) is 71.2 cm³/mol. The standard InChI is InChI=1S/C13H22N4/c1-10-3-5-11(6-4-10)9-16-12-7-8-15-13(14-2)17-12/h7-8,10-11H,3-6,9H2,1-2H3,(H2,14,15,16,17). The summed E-state index contributed by atoms with van der Waals surface area (Å²) in [5.41, 5.74) is 0. The largest absolute Gasteiger partial charge is 0.370 e. The highest BCUT2D eigenvalue weighted by molar-refractivity contribution is 5.39. The fourth-order valence-electron chi connectivity index (χ4n) is 2.36. The number of hydrogen-bond donors (Lipinski definition) is 2. The Morgan fingerprint density at radius 1 is 1.29 bits per heavy atom. The van der Waals surface area contributed by atoms with E-state index in [4.69, 9.17) is 0 Å². The van der Waals surface area contributed by atoms with Crippen LogP contribution in [0.5, 0.6) is 0 Å². The van der Waals surface area contributed by atoms with Crippen LogP contribution >= 0.6 is 0 Å². The molecule has 1 heterocycles. The topological polar surface area (TPSA) is 49.8 Å². The Kier molecular flexibility index (Phi) is 4.18. The normalized spacial score (nSPS) is 24.4. The van der Waals surface area contributed by atoms with Gasteiger partial charge in [-0.25, -0.2) is 4.98 Å². The molecule has 94 valence electrons. The summed E-state index contributed by atoms with van der Waals surface area (Å²) in [4.78, 5) is 8.46. The Hall–Kier alpha value is -1.32. The molecule has 17 heavy (non-hydrogen) atoms. The highest BCUT2D eigenvalue weighted by atomic mass is 15.1. The second-order valence-corrected chi connectivity index (χ2v) is 5.02. The fourth-order valence-corrected chi connectivity index (χ4v) is 2.36. The van der Waals surface area contributed by atoms with E-state index in [0.29, 0.717) is 5.95 Å². The van der Waals surface area contributed by atoms with Gasteiger partial charge in [0, 0.05) is 19.8 Å². The van der Waals surface area contributed by atoms with Crippen molar-refractivity contribution in [3.05, 3.63) is 12.3 Å². The molecule has 0 aliphatic heterocycles. The molecule has 0 atom stereocenters. The number of aromatic nitrogens is 2. The SMILES string of the molecule is CNc1nccc(NCC2CCC(C)CC2)n1. The lowest BCUT2D eigenvalue weighted by atomic mass is 9.83. The van der Waals surface area contributed by atoms with Crippen LogP contribution in [-0.4, -0.2) is 23.6 Å². The summed E-state index contributed by atoms with van der Waals surface area (Å²) in [5.74, 6) is 3.32. The Bertz CT molecular complexity index is 345. The molecular formula is C13H22N4. The Balaban J connectivity index is 1.81. The number of nitrogens with one attached hydrogen (secondary N) is 2. The second kappa shape index (κ2) is 5.84. The van der Waals surface area contributed by atoms with Crippen molar-refractivity contribution in [3.8, 4) is 0 Å². The van der Waals surface area contributed by atoms with Crippen molar-refractivity contribution in [1.82, 2.24) is 9.97 Å². The van der Waals surface area contributed by atoms with Crippen molar-refractivity contribution in [1.29, 1.82) is 0 Å². The summed E-state index contributed by atoms with van der Waals surface area (Å²) < 4.78 is 0. The van der Waals surface area contributed by atoms with Crippen LogP contribution in [0.1, 0.15) is 32.6 Å². The monoisotopic (exact) mass is 234 g/mol. The van der Waals surface area contributed by atoms with Gasteiger partial charge in [-0.1, -0.05) is 19.8 Å². The van der Waals surface area contributed by atoms with E-state index in [1.807, 2.05) is 13.1 Å². The number of hydrogen-bond acceptors (Lipinski definition) is 4. The lowest BCUT2D eigenvalue weighted by molar-refractivity contribution is 0.300. The van der Waals surface area contributed by atoms with E-state index in [1.54, 1.807) is 6.20 Å². The maximum absolute atomic E-state index is 4.36. The maximum Gasteiger partial charge on any atom is 0.224 e. The summed E-state index contributed by atoms with van der Waals surface area (Å²) >= 11 is 0. The third-order valence-corrected chi connectivity index (χ3v) is 3.59. The Morgan fingerprint density at radius 2 is 2.06 bits per heavy atom. The van der Waals surface area contributed by atoms with Crippen molar-refractivity contribution < 1.29 is 0 Å². The van der Waals surface area contributed by atoms with E-state index in [2.05, 4.69) is 27.5 Å². The molecule has 1 fully saturated rings. The van der Waals surface area contributed by atoms with Crippen LogP contribution in [0.15, 0.2) is 12.3 Å². The molecule has 0 aromatic carbocycles. The van der Waals surface area contributed by atoms with Crippen molar-refractivity contribution in [2.45, 2.75) is 32.6 Å². The van der Waals surface area contributed by atoms with Crippen LogP contribution in [0.3, 0.4) is 0 Å². The first kappa shape index (κ1) is 12.1. The molecule has 0 amide bonds. The van der Waals surface area contributed by atoms with Gasteiger partial charge in [0.15, 0.2) is 0 Å². The molecule has 0 unspecified atom stereocenters. The number of rotatable bonds is 4. The van der Waals surface area contributed by atoms with Gasteiger partial charge in [0.25, 0.3) is 0 Å². The zero-order valence-electron chi connectivity index (χ0n) is 10.7. The molecular weight excluding hydrogens is 212 g/mol. The van der Waals surface area contributed by atoms with Gasteiger partial charge < -0.3 is 10.6 Å². The van der Waals surface area contributed by atoms with Gasteiger partial charge in [0.1, 0.15) is 5.82 Å². The first-order valence-corrected chi connectivity index (χ1v) is 6.52. The van der Waals surface area contributed by atoms with Crippen LogP contribution < -0.4 is 10.6 Å². The van der Waals surface area contributed by atoms with Gasteiger partial charge in [-0.15, -0.1) is 0 Å². The minimum absolute atomic E-state index is 0.673. The highest BCUT2D eigenvalue weighted by Gasteiger charge is 2.17. The van der Waals surface area contributed by atoms with E-state index in [9.17, 15) is 0 Å². The van der Waals surface area contributed by atoms with Gasteiger partial charge in [-0.05, 0) is 30.7 Å². The first-order valence-electron chi connectivity index (χ1n) is 6.52. The van der Waals surface area contributed by atoms with Crippen LogP contribution in [0.25, 0.3) is 0 Å². The summed E-state index contributed by atoms with van der Waals surface area (Å²) in [7, 11) is 1.83. The van der Waals surface area contributed by atoms with E-state index in [1.165, 1.54) is 25.7 Å². The predicted octanol–water partition coefficient (Wildman–Crippen LogP) is 2.76. The molecule has 2 N–H and O–H groups in total. The fraction of sp³-hybridized carbons (Fsp3) is 0.692. The van der Waals surface area contributed by atoms with Gasteiger partial charge in [-0.2, -0.15) is 4.98 Å². The van der Waals surface area contributed by atoms with Gasteiger partial charge >= 0.3 is 0 Å². The molecule has 0 bridgehead atoms. The number of nitrogens with zero attached hydrogens (tertiary/aromatic N) is 2. The van der Waals surface area contributed by atoms with Gasteiger partial charge in [-0.3, -0.25) is 0 Å². The molecule has 1 aliphatic carbocycles. The molecule has 4 nitrogen and oxygen atoms in total. The molecule has 0 saturated heterocycles. The molecule has 1 aromatic rings. The molecule has 1 saturated carbocycles. The number of anilines is 2. The van der Waals surface area contributed by atoms with E-state index in [0.717, 1.165) is 24.2 Å². The molecule has 2 rings (SSSR count). The van der Waals surface area contributed by atoms with E-state index < -0.39 is 0 Å². The van der Waals surface area contributed by atoms with Crippen molar-refractivity contribution in [3.63, 3.8) is 0 Å². The minimum Gasteiger partial charge on any atom is -0.370 e. The minimum atomic E-state index is 0.673. The summed E-state index contributed by atoms with van der Waals surface area (Å²) in [5, 5.41) is 6.36. The summed E-state index contributed by atoms with van der Waals surface area (Å²) in [6.45, 7) is 3.39. The average molecular weight is 234 g/mol. The summed E-state index contributed by atoms with van der Waals surface area (Å²) in [6.07, 6.45) is 7.22.